The maximum absolute atomic E-state index is 12.0. The Kier molecular flexibility index (Phi) is 5.85. The molecular formula is C16H21NO3S. The van der Waals surface area contributed by atoms with Crippen LogP contribution in [0.3, 0.4) is 0 Å². The van der Waals surface area contributed by atoms with E-state index >= 15 is 0 Å². The molecule has 0 saturated carbocycles. The summed E-state index contributed by atoms with van der Waals surface area (Å²) in [7, 11) is 0. The second-order valence-corrected chi connectivity index (χ2v) is 6.26. The average molecular weight is 307 g/mol. The molecule has 1 aliphatic rings. The van der Waals surface area contributed by atoms with Crippen molar-refractivity contribution in [2.75, 3.05) is 19.4 Å². The molecule has 1 heterocycles. The van der Waals surface area contributed by atoms with Crippen molar-refractivity contribution in [3.05, 3.63) is 47.5 Å². The van der Waals surface area contributed by atoms with Crippen LogP contribution in [0.15, 0.2) is 42.0 Å². The number of benzene rings is 1. The minimum absolute atomic E-state index is 0.130. The van der Waals surface area contributed by atoms with E-state index in [1.54, 1.807) is 13.2 Å². The maximum Gasteiger partial charge on any atom is 0.335 e. The van der Waals surface area contributed by atoms with Crippen molar-refractivity contribution in [1.29, 1.82) is 0 Å². The van der Waals surface area contributed by atoms with E-state index in [2.05, 4.69) is 12.1 Å². The van der Waals surface area contributed by atoms with Crippen LogP contribution in [-0.2, 0) is 27.3 Å². The molecule has 2 atom stereocenters. The van der Waals surface area contributed by atoms with E-state index in [1.165, 1.54) is 5.56 Å². The van der Waals surface area contributed by atoms with Crippen molar-refractivity contribution in [3.8, 4) is 0 Å². The van der Waals surface area contributed by atoms with Gasteiger partial charge in [0, 0.05) is 11.4 Å². The molecule has 0 aliphatic carbocycles. The summed E-state index contributed by atoms with van der Waals surface area (Å²) >= 11 is -1.10. The van der Waals surface area contributed by atoms with Crippen LogP contribution < -0.4 is 0 Å². The first kappa shape index (κ1) is 16.1. The molecule has 21 heavy (non-hydrogen) atoms. The van der Waals surface area contributed by atoms with Gasteiger partial charge in [-0.15, -0.1) is 4.31 Å². The van der Waals surface area contributed by atoms with Gasteiger partial charge in [-0.2, -0.15) is 0 Å². The largest absolute Gasteiger partial charge is 0.598 e. The molecule has 0 spiro atoms. The third-order valence-electron chi connectivity index (χ3n) is 3.59. The van der Waals surface area contributed by atoms with Gasteiger partial charge in [-0.25, -0.2) is 4.79 Å². The summed E-state index contributed by atoms with van der Waals surface area (Å²) in [6.45, 7) is 2.69. The summed E-state index contributed by atoms with van der Waals surface area (Å²) in [5, 5.41) is 0. The highest BCUT2D eigenvalue weighted by atomic mass is 32.2. The third-order valence-corrected chi connectivity index (χ3v) is 4.65. The zero-order valence-corrected chi connectivity index (χ0v) is 13.3. The third kappa shape index (κ3) is 4.09. The Morgan fingerprint density at radius 1 is 1.43 bits per heavy atom. The Morgan fingerprint density at radius 3 is 2.76 bits per heavy atom. The fraction of sp³-hybridized carbons (Fsp3) is 0.438. The van der Waals surface area contributed by atoms with Gasteiger partial charge < -0.3 is 9.29 Å². The smallest absolute Gasteiger partial charge is 0.335 e. The molecule has 0 fully saturated rings. The molecule has 1 aliphatic heterocycles. The van der Waals surface area contributed by atoms with Crippen LogP contribution in [0.2, 0.25) is 0 Å². The first-order chi connectivity index (χ1) is 10.1. The highest BCUT2D eigenvalue weighted by Crippen LogP contribution is 2.26. The Balaban J connectivity index is 2.06. The van der Waals surface area contributed by atoms with E-state index in [4.69, 9.17) is 4.74 Å². The molecule has 5 heteroatoms. The van der Waals surface area contributed by atoms with Crippen molar-refractivity contribution in [2.45, 2.75) is 25.8 Å². The normalized spacial score (nSPS) is 20.1. The SMILES string of the molecule is CCOC(=O)C1=CCN([S@@+](C)[O-])[C@@H]1CCc1ccccc1. The van der Waals surface area contributed by atoms with Gasteiger partial charge in [0.05, 0.1) is 24.8 Å². The zero-order valence-electron chi connectivity index (χ0n) is 12.5. The van der Waals surface area contributed by atoms with Crippen molar-refractivity contribution < 1.29 is 14.1 Å². The number of aryl methyl sites for hydroxylation is 1. The summed E-state index contributed by atoms with van der Waals surface area (Å²) in [5.41, 5.74) is 1.86. The highest BCUT2D eigenvalue weighted by molar-refractivity contribution is 7.88. The molecule has 0 amide bonds. The lowest BCUT2D eigenvalue weighted by Crippen LogP contribution is -2.38. The molecule has 4 nitrogen and oxygen atoms in total. The second kappa shape index (κ2) is 7.64. The van der Waals surface area contributed by atoms with E-state index in [1.807, 2.05) is 28.6 Å². The Morgan fingerprint density at radius 2 is 2.14 bits per heavy atom. The summed E-state index contributed by atoms with van der Waals surface area (Å²) in [4.78, 5) is 12.0. The van der Waals surface area contributed by atoms with Crippen LogP contribution in [0.5, 0.6) is 0 Å². The van der Waals surface area contributed by atoms with Crippen molar-refractivity contribution in [3.63, 3.8) is 0 Å². The highest BCUT2D eigenvalue weighted by Gasteiger charge is 2.37. The minimum Gasteiger partial charge on any atom is -0.598 e. The Bertz CT molecular complexity index is 502. The summed E-state index contributed by atoms with van der Waals surface area (Å²) in [6.07, 6.45) is 5.09. The summed E-state index contributed by atoms with van der Waals surface area (Å²) in [6, 6.07) is 9.99. The molecule has 0 N–H and O–H groups in total. The number of rotatable bonds is 6. The maximum atomic E-state index is 12.0. The van der Waals surface area contributed by atoms with E-state index in [9.17, 15) is 9.35 Å². The van der Waals surface area contributed by atoms with E-state index in [0.717, 1.165) is 12.8 Å². The predicted octanol–water partition coefficient (Wildman–Crippen LogP) is 2.09. The topological polar surface area (TPSA) is 52.6 Å². The molecular weight excluding hydrogens is 286 g/mol. The fourth-order valence-electron chi connectivity index (χ4n) is 2.57. The van der Waals surface area contributed by atoms with E-state index in [0.29, 0.717) is 18.7 Å². The molecule has 0 saturated heterocycles. The number of carbonyl (C=O) groups is 1. The molecule has 1 aromatic carbocycles. The number of ether oxygens (including phenoxy) is 1. The summed E-state index contributed by atoms with van der Waals surface area (Å²) in [5.74, 6) is -0.288. The zero-order chi connectivity index (χ0) is 15.2. The molecule has 0 unspecified atom stereocenters. The number of hydrogen-bond donors (Lipinski definition) is 0. The van der Waals surface area contributed by atoms with Gasteiger partial charge in [0.1, 0.15) is 6.26 Å². The standard InChI is InChI=1S/C16H21NO3S/c1-3-20-16(18)14-11-12-17(21(2)19)15(14)10-9-13-7-5-4-6-8-13/h4-8,11,15H,3,9-10,12H2,1-2H3/t15-,21-/m1/s1. The number of esters is 1. The molecule has 1 aromatic rings. The number of nitrogens with zero attached hydrogens (tertiary/aromatic N) is 1. The Hall–Kier alpha value is -1.30. The second-order valence-electron chi connectivity index (χ2n) is 4.94. The quantitative estimate of drug-likeness (QED) is 0.596. The van der Waals surface area contributed by atoms with Crippen LogP contribution in [0.1, 0.15) is 18.9 Å². The van der Waals surface area contributed by atoms with Crippen molar-refractivity contribution in [2.24, 2.45) is 0 Å². The van der Waals surface area contributed by atoms with Gasteiger partial charge in [-0.05, 0) is 25.3 Å². The van der Waals surface area contributed by atoms with E-state index < -0.39 is 11.4 Å². The predicted molar refractivity (Wildman–Crippen MR) is 84.0 cm³/mol. The molecule has 114 valence electrons. The molecule has 0 aromatic heterocycles. The van der Waals surface area contributed by atoms with Crippen LogP contribution in [0.25, 0.3) is 0 Å². The molecule has 0 bridgehead atoms. The number of hydrogen-bond acceptors (Lipinski definition) is 4. The minimum atomic E-state index is -1.10. The lowest BCUT2D eigenvalue weighted by atomic mass is 10.0. The van der Waals surface area contributed by atoms with Crippen LogP contribution in [-0.4, -0.2) is 40.3 Å². The van der Waals surface area contributed by atoms with E-state index in [-0.39, 0.29) is 12.0 Å². The molecule has 0 radical (unpaired) electrons. The van der Waals surface area contributed by atoms with Crippen LogP contribution >= 0.6 is 0 Å². The van der Waals surface area contributed by atoms with Gasteiger partial charge in [0.2, 0.25) is 0 Å². The lowest BCUT2D eigenvalue weighted by Gasteiger charge is -2.25. The summed E-state index contributed by atoms with van der Waals surface area (Å²) < 4.78 is 18.8. The molecule has 2 rings (SSSR count). The Labute approximate surface area is 129 Å². The van der Waals surface area contributed by atoms with Gasteiger partial charge in [-0.3, -0.25) is 0 Å². The number of carbonyl (C=O) groups excluding carboxylic acids is 1. The van der Waals surface area contributed by atoms with Crippen molar-refractivity contribution >= 4 is 17.3 Å². The van der Waals surface area contributed by atoms with Crippen LogP contribution in [0, 0.1) is 0 Å². The monoisotopic (exact) mass is 307 g/mol. The van der Waals surface area contributed by atoms with Gasteiger partial charge >= 0.3 is 5.97 Å². The van der Waals surface area contributed by atoms with Gasteiger partial charge in [0.25, 0.3) is 0 Å². The fourth-order valence-corrected chi connectivity index (χ4v) is 3.43. The first-order valence-corrected chi connectivity index (χ1v) is 8.66. The van der Waals surface area contributed by atoms with Gasteiger partial charge in [0.15, 0.2) is 0 Å². The first-order valence-electron chi connectivity index (χ1n) is 7.14. The lowest BCUT2D eigenvalue weighted by molar-refractivity contribution is -0.138. The average Bonchev–Trinajstić information content (AvgIpc) is 2.90. The van der Waals surface area contributed by atoms with Crippen LogP contribution in [0.4, 0.5) is 0 Å². The van der Waals surface area contributed by atoms with Crippen molar-refractivity contribution in [1.82, 2.24) is 4.31 Å². The van der Waals surface area contributed by atoms with Gasteiger partial charge in [-0.1, -0.05) is 36.4 Å².